The summed E-state index contributed by atoms with van der Waals surface area (Å²) in [6.45, 7) is 2.37. The number of rotatable bonds is 5. The minimum absolute atomic E-state index is 0.0297. The lowest BCUT2D eigenvalue weighted by Gasteiger charge is -2.60. The first-order chi connectivity index (χ1) is 15.0. The Kier molecular flexibility index (Phi) is 6.20. The first kappa shape index (κ1) is 22.2. The molecule has 9 unspecified atom stereocenters. The molecular formula is C27H42N2OS. The quantitative estimate of drug-likeness (QED) is 0.534. The second-order valence-corrected chi connectivity index (χ2v) is 12.3. The van der Waals surface area contributed by atoms with E-state index in [1.54, 1.807) is 0 Å². The van der Waals surface area contributed by atoms with E-state index in [1.165, 1.54) is 56.9 Å². The van der Waals surface area contributed by atoms with Gasteiger partial charge in [0.1, 0.15) is 0 Å². The van der Waals surface area contributed by atoms with Crippen molar-refractivity contribution in [3.8, 4) is 0 Å². The predicted octanol–water partition coefficient (Wildman–Crippen LogP) is 5.41. The van der Waals surface area contributed by atoms with Crippen LogP contribution in [0.1, 0.15) is 83.1 Å². The van der Waals surface area contributed by atoms with Crippen molar-refractivity contribution in [2.75, 3.05) is 0 Å². The Balaban J connectivity index is 1.31. The monoisotopic (exact) mass is 442 g/mol. The molecule has 31 heavy (non-hydrogen) atoms. The first-order valence-corrected chi connectivity index (χ1v) is 13.5. The molecule has 9 atom stereocenters. The van der Waals surface area contributed by atoms with Crippen LogP contribution in [-0.2, 0) is 6.42 Å². The summed E-state index contributed by atoms with van der Waals surface area (Å²) < 4.78 is 0.145. The molecule has 0 aliphatic heterocycles. The van der Waals surface area contributed by atoms with Gasteiger partial charge in [0.15, 0.2) is 0 Å². The molecular weight excluding hydrogens is 400 g/mol. The van der Waals surface area contributed by atoms with Crippen molar-refractivity contribution in [3.63, 3.8) is 0 Å². The summed E-state index contributed by atoms with van der Waals surface area (Å²) in [6, 6.07) is 4.27. The zero-order valence-corrected chi connectivity index (χ0v) is 20.1. The van der Waals surface area contributed by atoms with Gasteiger partial charge in [0, 0.05) is 22.7 Å². The smallest absolute Gasteiger partial charge is 0.0544 e. The average molecular weight is 443 g/mol. The molecule has 0 aromatic carbocycles. The largest absolute Gasteiger partial charge is 0.393 e. The summed E-state index contributed by atoms with van der Waals surface area (Å²) in [5.41, 5.74) is 8.81. The van der Waals surface area contributed by atoms with Gasteiger partial charge in [-0.2, -0.15) is 12.6 Å². The Bertz CT molecular complexity index is 759. The Morgan fingerprint density at radius 3 is 2.81 bits per heavy atom. The summed E-state index contributed by atoms with van der Waals surface area (Å²) >= 11 is 5.39. The number of hydrogen-bond acceptors (Lipinski definition) is 4. The highest BCUT2D eigenvalue weighted by Gasteiger charge is 2.61. The van der Waals surface area contributed by atoms with Crippen molar-refractivity contribution in [3.05, 3.63) is 30.1 Å². The van der Waals surface area contributed by atoms with E-state index in [9.17, 15) is 5.11 Å². The zero-order valence-electron chi connectivity index (χ0n) is 19.3. The summed E-state index contributed by atoms with van der Waals surface area (Å²) in [4.78, 5) is 4.31. The van der Waals surface area contributed by atoms with Crippen LogP contribution >= 0.6 is 12.6 Å². The molecule has 0 bridgehead atoms. The van der Waals surface area contributed by atoms with Gasteiger partial charge in [-0.05, 0) is 118 Å². The lowest BCUT2D eigenvalue weighted by atomic mass is 9.50. The molecule has 4 aliphatic carbocycles. The van der Waals surface area contributed by atoms with Crippen LogP contribution in [0.4, 0.5) is 0 Å². The fourth-order valence-corrected chi connectivity index (χ4v) is 9.53. The van der Waals surface area contributed by atoms with E-state index < -0.39 is 0 Å². The number of aliphatic hydroxyl groups is 1. The third-order valence-electron chi connectivity index (χ3n) is 10.3. The van der Waals surface area contributed by atoms with Crippen LogP contribution in [0.2, 0.25) is 0 Å². The summed E-state index contributed by atoms with van der Waals surface area (Å²) in [7, 11) is 0. The molecule has 5 rings (SSSR count). The third kappa shape index (κ3) is 3.79. The number of thiol groups is 1. The highest BCUT2D eigenvalue weighted by Crippen LogP contribution is 2.64. The van der Waals surface area contributed by atoms with Gasteiger partial charge < -0.3 is 10.8 Å². The van der Waals surface area contributed by atoms with Crippen LogP contribution < -0.4 is 5.73 Å². The molecule has 1 aromatic heterocycles. The van der Waals surface area contributed by atoms with Crippen molar-refractivity contribution in [1.82, 2.24) is 4.98 Å². The van der Waals surface area contributed by atoms with E-state index in [0.29, 0.717) is 23.7 Å². The molecule has 0 radical (unpaired) electrons. The van der Waals surface area contributed by atoms with Crippen molar-refractivity contribution >= 4 is 12.6 Å². The standard InChI is InChI=1S/C27H42N2OS/c1-2-19(6-5-18-4-3-15-29-17-18)23-9-10-24-22-8-7-20-16-21(30)11-14-27(20,31)25(22)12-13-26(23,24)28/h3-4,15,17,19-25,30-31H,2,5-14,16,28H2,1H3. The third-order valence-corrected chi connectivity index (χ3v) is 11.3. The van der Waals surface area contributed by atoms with Crippen molar-refractivity contribution in [2.24, 2.45) is 41.2 Å². The van der Waals surface area contributed by atoms with E-state index >= 15 is 0 Å². The van der Waals surface area contributed by atoms with Gasteiger partial charge in [-0.1, -0.05) is 19.4 Å². The van der Waals surface area contributed by atoms with Crippen LogP contribution in [0, 0.1) is 35.5 Å². The van der Waals surface area contributed by atoms with Crippen molar-refractivity contribution in [1.29, 1.82) is 0 Å². The Morgan fingerprint density at radius 1 is 1.16 bits per heavy atom. The number of hydrogen-bond donors (Lipinski definition) is 3. The van der Waals surface area contributed by atoms with Gasteiger partial charge in [-0.3, -0.25) is 4.98 Å². The van der Waals surface area contributed by atoms with Crippen LogP contribution in [0.25, 0.3) is 0 Å². The molecule has 4 fully saturated rings. The van der Waals surface area contributed by atoms with Gasteiger partial charge in [0.2, 0.25) is 0 Å². The fraction of sp³-hybridized carbons (Fsp3) is 0.815. The molecule has 4 saturated carbocycles. The number of aryl methyl sites for hydroxylation is 1. The molecule has 172 valence electrons. The molecule has 3 nitrogen and oxygen atoms in total. The van der Waals surface area contributed by atoms with Crippen LogP contribution in [0.3, 0.4) is 0 Å². The molecule has 0 amide bonds. The van der Waals surface area contributed by atoms with Gasteiger partial charge in [-0.25, -0.2) is 0 Å². The average Bonchev–Trinajstić information content (AvgIpc) is 3.13. The SMILES string of the molecule is CCC(CCc1cccnc1)C1CCC2C3CCC4CC(O)CCC4(S)C3CCC12N. The summed E-state index contributed by atoms with van der Waals surface area (Å²) in [5.74, 6) is 4.13. The number of aromatic nitrogens is 1. The summed E-state index contributed by atoms with van der Waals surface area (Å²) in [5, 5.41) is 10.2. The van der Waals surface area contributed by atoms with Gasteiger partial charge in [0.05, 0.1) is 6.10 Å². The van der Waals surface area contributed by atoms with E-state index in [1.807, 2.05) is 12.4 Å². The van der Waals surface area contributed by atoms with E-state index in [4.69, 9.17) is 18.4 Å². The number of aliphatic hydroxyl groups excluding tert-OH is 1. The molecule has 4 heteroatoms. The number of nitrogens with zero attached hydrogens (tertiary/aromatic N) is 1. The van der Waals surface area contributed by atoms with E-state index in [2.05, 4.69) is 24.0 Å². The van der Waals surface area contributed by atoms with Gasteiger partial charge >= 0.3 is 0 Å². The van der Waals surface area contributed by atoms with E-state index in [-0.39, 0.29) is 16.4 Å². The molecule has 1 heterocycles. The van der Waals surface area contributed by atoms with Crippen molar-refractivity contribution < 1.29 is 5.11 Å². The fourth-order valence-electron chi connectivity index (χ4n) is 8.84. The maximum Gasteiger partial charge on any atom is 0.0544 e. The molecule has 0 saturated heterocycles. The first-order valence-electron chi connectivity index (χ1n) is 13.0. The van der Waals surface area contributed by atoms with Crippen LogP contribution in [0.5, 0.6) is 0 Å². The topological polar surface area (TPSA) is 59.1 Å². The number of nitrogens with two attached hydrogens (primary N) is 1. The predicted molar refractivity (Wildman–Crippen MR) is 130 cm³/mol. The van der Waals surface area contributed by atoms with Gasteiger partial charge in [0.25, 0.3) is 0 Å². The Hall–Kier alpha value is -0.580. The summed E-state index contributed by atoms with van der Waals surface area (Å²) in [6.07, 6.45) is 18.0. The van der Waals surface area contributed by atoms with Crippen LogP contribution in [0.15, 0.2) is 24.5 Å². The second-order valence-electron chi connectivity index (χ2n) is 11.5. The molecule has 1 aromatic rings. The normalized spacial score (nSPS) is 45.4. The highest BCUT2D eigenvalue weighted by atomic mass is 32.1. The second kappa shape index (κ2) is 8.65. The van der Waals surface area contributed by atoms with E-state index in [0.717, 1.165) is 37.5 Å². The van der Waals surface area contributed by atoms with Gasteiger partial charge in [-0.15, -0.1) is 0 Å². The maximum atomic E-state index is 10.2. The number of pyridine rings is 1. The number of fused-ring (bicyclic) bond motifs is 5. The molecule has 3 N–H and O–H groups in total. The van der Waals surface area contributed by atoms with Crippen LogP contribution in [-0.4, -0.2) is 26.5 Å². The molecule has 0 spiro atoms. The lowest BCUT2D eigenvalue weighted by molar-refractivity contribution is -0.0431. The highest BCUT2D eigenvalue weighted by molar-refractivity contribution is 7.81. The maximum absolute atomic E-state index is 10.2. The zero-order chi connectivity index (χ0) is 21.6. The minimum Gasteiger partial charge on any atom is -0.393 e. The molecule has 4 aliphatic rings. The minimum atomic E-state index is -0.0972. The Morgan fingerprint density at radius 2 is 2.03 bits per heavy atom. The Labute approximate surface area is 194 Å². The van der Waals surface area contributed by atoms with Crippen molar-refractivity contribution in [2.45, 2.75) is 100 Å². The lowest BCUT2D eigenvalue weighted by Crippen LogP contribution is -2.62.